The number of amides is 1. The Morgan fingerprint density at radius 3 is 2.53 bits per heavy atom. The summed E-state index contributed by atoms with van der Waals surface area (Å²) in [6, 6.07) is 6.71. The van der Waals surface area contributed by atoms with Gasteiger partial charge in [-0.15, -0.1) is 0 Å². The second kappa shape index (κ2) is 11.7. The normalized spacial score (nSPS) is 20.9. The minimum atomic E-state index is -1.19. The van der Waals surface area contributed by atoms with Gasteiger partial charge in [0.25, 0.3) is 5.91 Å². The Morgan fingerprint density at radius 1 is 1.18 bits per heavy atom. The molecule has 2 aliphatic heterocycles. The number of likely N-dealkylation sites (tertiary alicyclic amines) is 2. The van der Waals surface area contributed by atoms with E-state index in [1.54, 1.807) is 38.2 Å². The maximum absolute atomic E-state index is 15.0. The molecule has 1 aromatic carbocycles. The van der Waals surface area contributed by atoms with Crippen LogP contribution in [0.25, 0.3) is 11.3 Å². The van der Waals surface area contributed by atoms with E-state index >= 15 is 0 Å². The van der Waals surface area contributed by atoms with Crippen LogP contribution in [-0.2, 0) is 9.53 Å². The molecule has 0 unspecified atom stereocenters. The van der Waals surface area contributed by atoms with Gasteiger partial charge in [-0.3, -0.25) is 9.78 Å². The molecule has 0 spiro atoms. The van der Waals surface area contributed by atoms with Crippen LogP contribution in [0.15, 0.2) is 36.5 Å². The molecule has 2 fully saturated rings. The molecule has 2 saturated heterocycles. The van der Waals surface area contributed by atoms with E-state index in [4.69, 9.17) is 9.47 Å². The van der Waals surface area contributed by atoms with Gasteiger partial charge in [-0.1, -0.05) is 6.07 Å². The van der Waals surface area contributed by atoms with Crippen LogP contribution < -0.4 is 4.74 Å². The number of β-amino-alcohol motifs (C(OH)–C–C–N with tert-alkyl or cyclic N) is 1. The van der Waals surface area contributed by atoms with Gasteiger partial charge in [0.15, 0.2) is 0 Å². The number of pyridine rings is 1. The van der Waals surface area contributed by atoms with Crippen molar-refractivity contribution in [2.75, 3.05) is 39.9 Å². The standard InChI is InChI=1S/C28H35F2N3O5/c1-28(2,30)17-32-10-8-18(9-11-32)16-38-21-5-7-24(31-14-21)19-4-6-22(23(29)12-19)26(35)33-15-20(34)13-25(33)27(36)37-3/h4-7,12,14,18,20,25,34H,8-11,13,15-17H2,1-3H3/t20-,25+/m1/s1. The summed E-state index contributed by atoms with van der Waals surface area (Å²) in [7, 11) is 1.20. The highest BCUT2D eigenvalue weighted by molar-refractivity contribution is 5.97. The number of nitrogens with zero attached hydrogens (tertiary/aromatic N) is 3. The summed E-state index contributed by atoms with van der Waals surface area (Å²) in [6.45, 7) is 5.83. The van der Waals surface area contributed by atoms with Gasteiger partial charge in [0.2, 0.25) is 0 Å². The lowest BCUT2D eigenvalue weighted by atomic mass is 9.97. The third-order valence-corrected chi connectivity index (χ3v) is 7.04. The number of alkyl halides is 1. The lowest BCUT2D eigenvalue weighted by Crippen LogP contribution is -2.41. The van der Waals surface area contributed by atoms with Crippen molar-refractivity contribution >= 4 is 11.9 Å². The molecule has 0 radical (unpaired) electrons. The van der Waals surface area contributed by atoms with Crippen LogP contribution in [0.3, 0.4) is 0 Å². The van der Waals surface area contributed by atoms with E-state index in [0.29, 0.717) is 36.1 Å². The molecule has 1 aromatic heterocycles. The van der Waals surface area contributed by atoms with E-state index < -0.39 is 35.5 Å². The monoisotopic (exact) mass is 531 g/mol. The molecule has 3 heterocycles. The number of carbonyl (C=O) groups is 2. The van der Waals surface area contributed by atoms with Gasteiger partial charge >= 0.3 is 5.97 Å². The number of ether oxygens (including phenoxy) is 2. The van der Waals surface area contributed by atoms with E-state index in [2.05, 4.69) is 9.88 Å². The quantitative estimate of drug-likeness (QED) is 0.522. The molecular weight excluding hydrogens is 496 g/mol. The van der Waals surface area contributed by atoms with Gasteiger partial charge in [0.1, 0.15) is 23.3 Å². The number of hydrogen-bond donors (Lipinski definition) is 1. The molecule has 0 aliphatic carbocycles. The van der Waals surface area contributed by atoms with Gasteiger partial charge < -0.3 is 24.4 Å². The molecule has 2 atom stereocenters. The Kier molecular flexibility index (Phi) is 8.62. The number of benzene rings is 1. The van der Waals surface area contributed by atoms with Crippen LogP contribution >= 0.6 is 0 Å². The smallest absolute Gasteiger partial charge is 0.328 e. The number of piperidine rings is 1. The number of aliphatic hydroxyl groups is 1. The predicted octanol–water partition coefficient (Wildman–Crippen LogP) is 3.48. The number of methoxy groups -OCH3 is 1. The van der Waals surface area contributed by atoms with E-state index in [9.17, 15) is 23.5 Å². The summed E-state index contributed by atoms with van der Waals surface area (Å²) in [5, 5.41) is 9.93. The number of aromatic nitrogens is 1. The summed E-state index contributed by atoms with van der Waals surface area (Å²) in [4.78, 5) is 32.6. The molecule has 10 heteroatoms. The molecule has 38 heavy (non-hydrogen) atoms. The molecule has 0 bridgehead atoms. The highest BCUT2D eigenvalue weighted by atomic mass is 19.1. The fourth-order valence-corrected chi connectivity index (χ4v) is 5.09. The number of aliphatic hydroxyl groups excluding tert-OH is 1. The Morgan fingerprint density at radius 2 is 1.92 bits per heavy atom. The molecule has 1 amide bonds. The molecule has 2 aromatic rings. The maximum Gasteiger partial charge on any atom is 0.328 e. The molecule has 8 nitrogen and oxygen atoms in total. The van der Waals surface area contributed by atoms with Crippen molar-refractivity contribution in [2.24, 2.45) is 5.92 Å². The number of halogens is 2. The van der Waals surface area contributed by atoms with Crippen molar-refractivity contribution in [3.63, 3.8) is 0 Å². The fraction of sp³-hybridized carbons (Fsp3) is 0.536. The molecular formula is C28H35F2N3O5. The van der Waals surface area contributed by atoms with E-state index in [1.807, 2.05) is 0 Å². The van der Waals surface area contributed by atoms with Crippen molar-refractivity contribution in [3.8, 4) is 17.0 Å². The van der Waals surface area contributed by atoms with Gasteiger partial charge in [-0.25, -0.2) is 13.6 Å². The van der Waals surface area contributed by atoms with Gasteiger partial charge in [0, 0.05) is 25.1 Å². The van der Waals surface area contributed by atoms with Crippen molar-refractivity contribution in [2.45, 2.75) is 50.9 Å². The zero-order valence-corrected chi connectivity index (χ0v) is 22.0. The van der Waals surface area contributed by atoms with Crippen molar-refractivity contribution < 1.29 is 33.0 Å². The molecule has 1 N–H and O–H groups in total. The fourth-order valence-electron chi connectivity index (χ4n) is 5.09. The van der Waals surface area contributed by atoms with E-state index in [0.717, 1.165) is 30.8 Å². The maximum atomic E-state index is 15.0. The van der Waals surface area contributed by atoms with Crippen molar-refractivity contribution in [3.05, 3.63) is 47.9 Å². The van der Waals surface area contributed by atoms with Gasteiger partial charge in [-0.2, -0.15) is 0 Å². The van der Waals surface area contributed by atoms with Crippen LogP contribution in [0.4, 0.5) is 8.78 Å². The average Bonchev–Trinajstić information content (AvgIpc) is 3.28. The van der Waals surface area contributed by atoms with Gasteiger partial charge in [-0.05, 0) is 70.0 Å². The van der Waals surface area contributed by atoms with Crippen LogP contribution in [0, 0.1) is 11.7 Å². The lowest BCUT2D eigenvalue weighted by Gasteiger charge is -2.34. The highest BCUT2D eigenvalue weighted by Gasteiger charge is 2.40. The number of hydrogen-bond acceptors (Lipinski definition) is 7. The topological polar surface area (TPSA) is 92.2 Å². The lowest BCUT2D eigenvalue weighted by molar-refractivity contribution is -0.145. The summed E-state index contributed by atoms with van der Waals surface area (Å²) in [5.74, 6) is -1.08. The molecule has 4 rings (SSSR count). The van der Waals surface area contributed by atoms with Gasteiger partial charge in [0.05, 0.1) is 37.3 Å². The Bertz CT molecular complexity index is 1130. The number of carbonyl (C=O) groups excluding carboxylic acids is 2. The largest absolute Gasteiger partial charge is 0.492 e. The third kappa shape index (κ3) is 6.85. The highest BCUT2D eigenvalue weighted by Crippen LogP contribution is 2.27. The second-order valence-electron chi connectivity index (χ2n) is 10.7. The van der Waals surface area contributed by atoms with Crippen molar-refractivity contribution in [1.29, 1.82) is 0 Å². The molecule has 206 valence electrons. The Balaban J connectivity index is 1.34. The van der Waals surface area contributed by atoms with Crippen molar-refractivity contribution in [1.82, 2.24) is 14.8 Å². The number of esters is 1. The Hall–Kier alpha value is -3.11. The second-order valence-corrected chi connectivity index (χ2v) is 10.7. The van der Waals surface area contributed by atoms with E-state index in [-0.39, 0.29) is 18.5 Å². The van der Waals surface area contributed by atoms with E-state index in [1.165, 1.54) is 19.2 Å². The first-order chi connectivity index (χ1) is 18.0. The first-order valence-corrected chi connectivity index (χ1v) is 12.9. The summed E-state index contributed by atoms with van der Waals surface area (Å²) < 4.78 is 39.5. The molecule has 2 aliphatic rings. The zero-order chi connectivity index (χ0) is 27.4. The third-order valence-electron chi connectivity index (χ3n) is 7.04. The van der Waals surface area contributed by atoms with Crippen LogP contribution in [0.1, 0.15) is 43.5 Å². The van der Waals surface area contributed by atoms with Crippen LogP contribution in [0.2, 0.25) is 0 Å². The first-order valence-electron chi connectivity index (χ1n) is 12.9. The summed E-state index contributed by atoms with van der Waals surface area (Å²) in [5.41, 5.74) is -0.389. The molecule has 0 saturated carbocycles. The summed E-state index contributed by atoms with van der Waals surface area (Å²) in [6.07, 6.45) is 2.65. The Labute approximate surface area is 221 Å². The first kappa shape index (κ1) is 27.9. The minimum absolute atomic E-state index is 0.0487. The SMILES string of the molecule is COC(=O)[C@@H]1C[C@@H](O)CN1C(=O)c1ccc(-c2ccc(OCC3CCN(CC(C)(C)F)CC3)cn2)cc1F. The predicted molar refractivity (Wildman–Crippen MR) is 137 cm³/mol. The average molecular weight is 532 g/mol. The van der Waals surface area contributed by atoms with Crippen LogP contribution in [0.5, 0.6) is 5.75 Å². The van der Waals surface area contributed by atoms with Crippen LogP contribution in [-0.4, -0.2) is 89.5 Å². The summed E-state index contributed by atoms with van der Waals surface area (Å²) >= 11 is 0. The number of rotatable bonds is 8. The minimum Gasteiger partial charge on any atom is -0.492 e. The zero-order valence-electron chi connectivity index (χ0n) is 22.0.